The summed E-state index contributed by atoms with van der Waals surface area (Å²) in [5, 5.41) is 8.78. The van der Waals surface area contributed by atoms with Crippen molar-refractivity contribution in [3.63, 3.8) is 0 Å². The first kappa shape index (κ1) is 17.3. The molecule has 1 atom stereocenters. The largest absolute Gasteiger partial charge is 0.493 e. The van der Waals surface area contributed by atoms with Gasteiger partial charge < -0.3 is 25.1 Å². The maximum Gasteiger partial charge on any atom is 0.320 e. The van der Waals surface area contributed by atoms with Gasteiger partial charge in [-0.05, 0) is 24.1 Å². The average Bonchev–Trinajstić information content (AvgIpc) is 2.37. The van der Waals surface area contributed by atoms with E-state index in [1.165, 1.54) is 21.3 Å². The summed E-state index contributed by atoms with van der Waals surface area (Å²) in [6, 6.07) is 2.40. The lowest BCUT2D eigenvalue weighted by molar-refractivity contribution is -0.138. The zero-order valence-corrected chi connectivity index (χ0v) is 11.8. The highest BCUT2D eigenvalue weighted by molar-refractivity contribution is 5.85. The van der Waals surface area contributed by atoms with E-state index in [0.29, 0.717) is 22.8 Å². The zero-order chi connectivity index (χ0) is 13.7. The maximum absolute atomic E-state index is 10.7. The Morgan fingerprint density at radius 3 is 2.00 bits per heavy atom. The lowest BCUT2D eigenvalue weighted by atomic mass is 10.1. The van der Waals surface area contributed by atoms with Gasteiger partial charge in [-0.25, -0.2) is 0 Å². The molecule has 3 N–H and O–H groups in total. The van der Waals surface area contributed by atoms with E-state index in [2.05, 4.69) is 0 Å². The first-order chi connectivity index (χ1) is 8.53. The number of carboxylic acid groups (broad SMARTS) is 1. The van der Waals surface area contributed by atoms with Crippen molar-refractivity contribution in [3.05, 3.63) is 17.7 Å². The van der Waals surface area contributed by atoms with Gasteiger partial charge in [-0.2, -0.15) is 0 Å². The van der Waals surface area contributed by atoms with Crippen molar-refractivity contribution in [2.45, 2.75) is 12.5 Å². The molecule has 0 aliphatic rings. The third kappa shape index (κ3) is 4.18. The van der Waals surface area contributed by atoms with Crippen LogP contribution in [0.5, 0.6) is 17.2 Å². The van der Waals surface area contributed by atoms with Gasteiger partial charge >= 0.3 is 5.97 Å². The minimum Gasteiger partial charge on any atom is -0.493 e. The van der Waals surface area contributed by atoms with E-state index in [1.54, 1.807) is 12.1 Å². The molecule has 0 aliphatic carbocycles. The molecule has 1 unspecified atom stereocenters. The predicted octanol–water partition coefficient (Wildman–Crippen LogP) is 1.09. The van der Waals surface area contributed by atoms with E-state index in [9.17, 15) is 4.79 Å². The molecule has 1 aromatic carbocycles. The monoisotopic (exact) mass is 291 g/mol. The maximum atomic E-state index is 10.7. The highest BCUT2D eigenvalue weighted by atomic mass is 35.5. The van der Waals surface area contributed by atoms with Gasteiger partial charge in [0, 0.05) is 0 Å². The molecule has 0 bridgehead atoms. The summed E-state index contributed by atoms with van der Waals surface area (Å²) in [4.78, 5) is 10.7. The predicted molar refractivity (Wildman–Crippen MR) is 72.7 cm³/mol. The number of ether oxygens (including phenoxy) is 3. The van der Waals surface area contributed by atoms with Crippen LogP contribution in [-0.2, 0) is 11.2 Å². The van der Waals surface area contributed by atoms with Crippen LogP contribution in [0.15, 0.2) is 12.1 Å². The molecule has 1 rings (SSSR count). The van der Waals surface area contributed by atoms with Crippen LogP contribution in [0.4, 0.5) is 0 Å². The van der Waals surface area contributed by atoms with Gasteiger partial charge in [0.2, 0.25) is 5.75 Å². The fourth-order valence-corrected chi connectivity index (χ4v) is 1.59. The Hall–Kier alpha value is -1.66. The van der Waals surface area contributed by atoms with E-state index in [4.69, 9.17) is 25.1 Å². The summed E-state index contributed by atoms with van der Waals surface area (Å²) in [5.74, 6) is 0.366. The van der Waals surface area contributed by atoms with Crippen molar-refractivity contribution >= 4 is 18.4 Å². The van der Waals surface area contributed by atoms with Gasteiger partial charge in [0.05, 0.1) is 21.3 Å². The van der Waals surface area contributed by atoms with Gasteiger partial charge in [0.1, 0.15) is 6.04 Å². The van der Waals surface area contributed by atoms with Crippen LogP contribution in [0.1, 0.15) is 5.56 Å². The molecule has 1 aromatic rings. The van der Waals surface area contributed by atoms with Crippen molar-refractivity contribution < 1.29 is 24.1 Å². The molecule has 0 aromatic heterocycles. The minimum absolute atomic E-state index is 0. The smallest absolute Gasteiger partial charge is 0.320 e. The van der Waals surface area contributed by atoms with Crippen molar-refractivity contribution in [2.75, 3.05) is 21.3 Å². The normalized spacial score (nSPS) is 11.2. The quantitative estimate of drug-likeness (QED) is 0.815. The van der Waals surface area contributed by atoms with Crippen molar-refractivity contribution in [1.82, 2.24) is 0 Å². The SMILES string of the molecule is COc1cc(CC(N)C(=O)O)cc(OC)c1OC.Cl. The summed E-state index contributed by atoms with van der Waals surface area (Å²) in [6.45, 7) is 0. The lowest BCUT2D eigenvalue weighted by Crippen LogP contribution is -2.32. The second kappa shape index (κ2) is 7.70. The molecule has 0 spiro atoms. The number of nitrogens with two attached hydrogens (primary N) is 1. The van der Waals surface area contributed by atoms with Gasteiger partial charge in [-0.1, -0.05) is 0 Å². The van der Waals surface area contributed by atoms with Crippen LogP contribution in [0.2, 0.25) is 0 Å². The van der Waals surface area contributed by atoms with E-state index in [-0.39, 0.29) is 18.8 Å². The first-order valence-electron chi connectivity index (χ1n) is 5.30. The van der Waals surface area contributed by atoms with Crippen molar-refractivity contribution in [2.24, 2.45) is 5.73 Å². The summed E-state index contributed by atoms with van der Waals surface area (Å²) >= 11 is 0. The molecule has 19 heavy (non-hydrogen) atoms. The summed E-state index contributed by atoms with van der Waals surface area (Å²) in [7, 11) is 4.50. The third-order valence-corrected chi connectivity index (χ3v) is 2.50. The van der Waals surface area contributed by atoms with Gasteiger partial charge in [0.25, 0.3) is 0 Å². The number of rotatable bonds is 6. The fourth-order valence-electron chi connectivity index (χ4n) is 1.59. The summed E-state index contributed by atoms with van der Waals surface area (Å²) < 4.78 is 15.5. The standard InChI is InChI=1S/C12H17NO5.ClH/c1-16-9-5-7(4-8(13)12(14)15)6-10(17-2)11(9)18-3;/h5-6,8H,4,13H2,1-3H3,(H,14,15);1H. The van der Waals surface area contributed by atoms with E-state index >= 15 is 0 Å². The van der Waals surface area contributed by atoms with Crippen molar-refractivity contribution in [3.8, 4) is 17.2 Å². The highest BCUT2D eigenvalue weighted by Gasteiger charge is 2.17. The van der Waals surface area contributed by atoms with Crippen LogP contribution in [-0.4, -0.2) is 38.4 Å². The Kier molecular flexibility index (Phi) is 7.03. The molecule has 7 heteroatoms. The third-order valence-electron chi connectivity index (χ3n) is 2.50. The van der Waals surface area contributed by atoms with Crippen LogP contribution in [0, 0.1) is 0 Å². The number of hydrogen-bond acceptors (Lipinski definition) is 5. The Labute approximate surface area is 117 Å². The van der Waals surface area contributed by atoms with Gasteiger partial charge in [0.15, 0.2) is 11.5 Å². The van der Waals surface area contributed by atoms with E-state index < -0.39 is 12.0 Å². The van der Waals surface area contributed by atoms with E-state index in [0.717, 1.165) is 0 Å². The number of carbonyl (C=O) groups is 1. The van der Waals surface area contributed by atoms with Crippen LogP contribution >= 0.6 is 12.4 Å². The Morgan fingerprint density at radius 1 is 1.21 bits per heavy atom. The minimum atomic E-state index is -1.05. The fraction of sp³-hybridized carbons (Fsp3) is 0.417. The Balaban J connectivity index is 0.00000324. The van der Waals surface area contributed by atoms with Crippen LogP contribution in [0.3, 0.4) is 0 Å². The second-order valence-corrected chi connectivity index (χ2v) is 3.68. The number of hydrogen-bond donors (Lipinski definition) is 2. The Bertz CT molecular complexity index is 413. The molecular weight excluding hydrogens is 274 g/mol. The number of aliphatic carboxylic acids is 1. The van der Waals surface area contributed by atoms with Crippen LogP contribution < -0.4 is 19.9 Å². The average molecular weight is 292 g/mol. The molecule has 0 amide bonds. The topological polar surface area (TPSA) is 91.0 Å². The molecule has 0 saturated carbocycles. The molecule has 0 aliphatic heterocycles. The number of methoxy groups -OCH3 is 3. The van der Waals surface area contributed by atoms with Crippen LogP contribution in [0.25, 0.3) is 0 Å². The number of halogens is 1. The first-order valence-corrected chi connectivity index (χ1v) is 5.30. The molecule has 0 saturated heterocycles. The Morgan fingerprint density at radius 2 is 1.68 bits per heavy atom. The zero-order valence-electron chi connectivity index (χ0n) is 11.0. The van der Waals surface area contributed by atoms with E-state index in [1.807, 2.05) is 0 Å². The highest BCUT2D eigenvalue weighted by Crippen LogP contribution is 2.38. The number of carboxylic acids is 1. The van der Waals surface area contributed by atoms with Crippen molar-refractivity contribution in [1.29, 1.82) is 0 Å². The molecular formula is C12H18ClNO5. The summed E-state index contributed by atoms with van der Waals surface area (Å²) in [6.07, 6.45) is 0.187. The molecule has 0 radical (unpaired) electrons. The molecule has 6 nitrogen and oxygen atoms in total. The molecule has 0 fully saturated rings. The second-order valence-electron chi connectivity index (χ2n) is 3.68. The molecule has 0 heterocycles. The summed E-state index contributed by atoms with van der Waals surface area (Å²) in [5.41, 5.74) is 6.20. The van der Waals surface area contributed by atoms with Gasteiger partial charge in [-0.15, -0.1) is 12.4 Å². The molecule has 108 valence electrons. The number of benzene rings is 1. The lowest BCUT2D eigenvalue weighted by Gasteiger charge is -2.15. The van der Waals surface area contributed by atoms with Gasteiger partial charge in [-0.3, -0.25) is 4.79 Å².